The molecule has 0 nitrogen and oxygen atoms in total. The van der Waals surface area contributed by atoms with Crippen LogP contribution < -0.4 is 0 Å². The van der Waals surface area contributed by atoms with Gasteiger partial charge in [-0.25, -0.2) is 0 Å². The van der Waals surface area contributed by atoms with Crippen LogP contribution in [0.3, 0.4) is 0 Å². The van der Waals surface area contributed by atoms with Crippen LogP contribution in [0.4, 0.5) is 0 Å². The molecule has 3 atom stereocenters. The normalized spacial score (nSPS) is 45.4. The van der Waals surface area contributed by atoms with E-state index in [9.17, 15) is 0 Å². The van der Waals surface area contributed by atoms with Crippen LogP contribution in [0.2, 0.25) is 0 Å². The monoisotopic (exact) mass is 136 g/mol. The highest BCUT2D eigenvalue weighted by molar-refractivity contribution is 5.13. The molecule has 0 saturated heterocycles. The van der Waals surface area contributed by atoms with Gasteiger partial charge in [-0.3, -0.25) is 0 Å². The summed E-state index contributed by atoms with van der Waals surface area (Å²) in [6, 6.07) is 0. The lowest BCUT2D eigenvalue weighted by Crippen LogP contribution is -1.96. The lowest BCUT2D eigenvalue weighted by atomic mass is 10.00. The van der Waals surface area contributed by atoms with E-state index in [0.717, 1.165) is 17.8 Å². The first kappa shape index (κ1) is 6.45. The molecule has 0 N–H and O–H groups in total. The Morgan fingerprint density at radius 2 is 2.20 bits per heavy atom. The number of rotatable bonds is 0. The third-order valence-corrected chi connectivity index (χ3v) is 3.07. The minimum atomic E-state index is 0.968. The average Bonchev–Trinajstić information content (AvgIpc) is 2.21. The fraction of sp³-hybridized carbons (Fsp3) is 0.800. The van der Waals surface area contributed by atoms with E-state index in [4.69, 9.17) is 0 Å². The van der Waals surface area contributed by atoms with Gasteiger partial charge in [0, 0.05) is 0 Å². The first-order chi connectivity index (χ1) is 4.75. The van der Waals surface area contributed by atoms with E-state index in [1.165, 1.54) is 19.3 Å². The van der Waals surface area contributed by atoms with Crippen molar-refractivity contribution in [3.05, 3.63) is 11.6 Å². The first-order valence-corrected chi connectivity index (χ1v) is 4.43. The van der Waals surface area contributed by atoms with Crippen LogP contribution in [0, 0.1) is 17.8 Å². The van der Waals surface area contributed by atoms with Crippen molar-refractivity contribution in [2.24, 2.45) is 17.8 Å². The summed E-state index contributed by atoms with van der Waals surface area (Å²) >= 11 is 0. The molecule has 2 unspecified atom stereocenters. The van der Waals surface area contributed by atoms with Crippen LogP contribution in [-0.2, 0) is 0 Å². The Morgan fingerprint density at radius 1 is 1.40 bits per heavy atom. The van der Waals surface area contributed by atoms with E-state index in [0.29, 0.717) is 0 Å². The zero-order chi connectivity index (χ0) is 7.14. The van der Waals surface area contributed by atoms with Crippen molar-refractivity contribution < 1.29 is 0 Å². The molecule has 0 radical (unpaired) electrons. The lowest BCUT2D eigenvalue weighted by molar-refractivity contribution is 0.486. The van der Waals surface area contributed by atoms with E-state index < -0.39 is 0 Å². The van der Waals surface area contributed by atoms with Gasteiger partial charge in [0.25, 0.3) is 0 Å². The van der Waals surface area contributed by atoms with Crippen molar-refractivity contribution in [2.75, 3.05) is 0 Å². The molecule has 2 aliphatic carbocycles. The molecule has 0 aromatic rings. The van der Waals surface area contributed by atoms with E-state index in [-0.39, 0.29) is 0 Å². The zero-order valence-corrected chi connectivity index (χ0v) is 6.93. The van der Waals surface area contributed by atoms with Gasteiger partial charge < -0.3 is 0 Å². The molecule has 0 spiro atoms. The summed E-state index contributed by atoms with van der Waals surface area (Å²) < 4.78 is 0. The highest BCUT2D eigenvalue weighted by Gasteiger charge is 2.33. The number of hydrogen-bond acceptors (Lipinski definition) is 0. The van der Waals surface area contributed by atoms with Gasteiger partial charge in [-0.2, -0.15) is 0 Å². The summed E-state index contributed by atoms with van der Waals surface area (Å²) in [5.74, 6) is 3.00. The van der Waals surface area contributed by atoms with Gasteiger partial charge in [0.2, 0.25) is 0 Å². The molecule has 0 aromatic heterocycles. The number of allylic oxidation sites excluding steroid dienone is 2. The highest BCUT2D eigenvalue weighted by Crippen LogP contribution is 2.45. The molecule has 0 aromatic carbocycles. The Hall–Kier alpha value is -0.260. The topological polar surface area (TPSA) is 0 Å². The Bertz CT molecular complexity index is 167. The van der Waals surface area contributed by atoms with Crippen molar-refractivity contribution in [2.45, 2.75) is 33.1 Å². The van der Waals surface area contributed by atoms with Crippen LogP contribution in [0.15, 0.2) is 11.6 Å². The van der Waals surface area contributed by atoms with Crippen molar-refractivity contribution in [1.29, 1.82) is 0 Å². The summed E-state index contributed by atoms with van der Waals surface area (Å²) in [5.41, 5.74) is 1.64. The highest BCUT2D eigenvalue weighted by atomic mass is 14.4. The van der Waals surface area contributed by atoms with E-state index in [2.05, 4.69) is 19.9 Å². The Morgan fingerprint density at radius 3 is 2.90 bits per heavy atom. The molecule has 56 valence electrons. The molecule has 10 heavy (non-hydrogen) atoms. The quantitative estimate of drug-likeness (QED) is 0.449. The lowest BCUT2D eigenvalue weighted by Gasteiger charge is -2.05. The van der Waals surface area contributed by atoms with Crippen molar-refractivity contribution in [1.82, 2.24) is 0 Å². The summed E-state index contributed by atoms with van der Waals surface area (Å²) in [4.78, 5) is 0. The van der Waals surface area contributed by atoms with E-state index in [1.807, 2.05) is 0 Å². The van der Waals surface area contributed by atoms with Gasteiger partial charge in [0.1, 0.15) is 0 Å². The second-order valence-corrected chi connectivity index (χ2v) is 4.22. The smallest absolute Gasteiger partial charge is 0.0197 e. The zero-order valence-electron chi connectivity index (χ0n) is 6.93. The van der Waals surface area contributed by atoms with Gasteiger partial charge in [-0.1, -0.05) is 18.6 Å². The minimum Gasteiger partial charge on any atom is -0.0822 e. The number of fused-ring (bicyclic) bond motifs is 1. The van der Waals surface area contributed by atoms with Gasteiger partial charge in [0.15, 0.2) is 0 Å². The summed E-state index contributed by atoms with van der Waals surface area (Å²) in [7, 11) is 0. The van der Waals surface area contributed by atoms with Gasteiger partial charge >= 0.3 is 0 Å². The third-order valence-electron chi connectivity index (χ3n) is 3.07. The predicted molar refractivity (Wildman–Crippen MR) is 43.8 cm³/mol. The maximum atomic E-state index is 2.51. The molecule has 0 amide bonds. The van der Waals surface area contributed by atoms with Crippen LogP contribution in [-0.4, -0.2) is 0 Å². The van der Waals surface area contributed by atoms with Crippen LogP contribution in [0.25, 0.3) is 0 Å². The second-order valence-electron chi connectivity index (χ2n) is 4.22. The van der Waals surface area contributed by atoms with Crippen molar-refractivity contribution in [3.8, 4) is 0 Å². The molecule has 0 heterocycles. The predicted octanol–water partition coefficient (Wildman–Crippen LogP) is 3.00. The molecule has 0 bridgehead atoms. The Balaban J connectivity index is 2.10. The average molecular weight is 136 g/mol. The molecular formula is C10H16. The van der Waals surface area contributed by atoms with Crippen LogP contribution in [0.1, 0.15) is 33.1 Å². The SMILES string of the molecule is CC1=CC2C[C@H](C)CC2C1. The van der Waals surface area contributed by atoms with Crippen molar-refractivity contribution in [3.63, 3.8) is 0 Å². The Labute approximate surface area is 63.3 Å². The first-order valence-electron chi connectivity index (χ1n) is 4.43. The van der Waals surface area contributed by atoms with Gasteiger partial charge in [-0.05, 0) is 43.9 Å². The standard InChI is InChI=1S/C10H16/c1-7-3-9-5-8(2)6-10(9)4-7/h3,8-10H,4-6H2,1-2H3/t8-,9?,10?/m0/s1. The molecular weight excluding hydrogens is 120 g/mol. The van der Waals surface area contributed by atoms with Gasteiger partial charge in [-0.15, -0.1) is 0 Å². The molecule has 0 heteroatoms. The molecule has 2 rings (SSSR count). The van der Waals surface area contributed by atoms with E-state index >= 15 is 0 Å². The third kappa shape index (κ3) is 0.902. The maximum Gasteiger partial charge on any atom is -0.0197 e. The van der Waals surface area contributed by atoms with Crippen LogP contribution >= 0.6 is 0 Å². The van der Waals surface area contributed by atoms with Gasteiger partial charge in [0.05, 0.1) is 0 Å². The van der Waals surface area contributed by atoms with E-state index in [1.54, 1.807) is 5.57 Å². The van der Waals surface area contributed by atoms with Crippen molar-refractivity contribution >= 4 is 0 Å². The maximum absolute atomic E-state index is 2.51. The largest absolute Gasteiger partial charge is 0.0822 e. The summed E-state index contributed by atoms with van der Waals surface area (Å²) in [6.07, 6.45) is 6.85. The number of hydrogen-bond donors (Lipinski definition) is 0. The summed E-state index contributed by atoms with van der Waals surface area (Å²) in [6.45, 7) is 4.67. The fourth-order valence-electron chi connectivity index (χ4n) is 2.73. The molecule has 1 fully saturated rings. The van der Waals surface area contributed by atoms with Crippen LogP contribution in [0.5, 0.6) is 0 Å². The Kier molecular flexibility index (Phi) is 1.36. The molecule has 0 aliphatic heterocycles. The summed E-state index contributed by atoms with van der Waals surface area (Å²) in [5, 5.41) is 0. The fourth-order valence-corrected chi connectivity index (χ4v) is 2.73. The molecule has 2 aliphatic rings. The molecule has 1 saturated carbocycles. The minimum absolute atomic E-state index is 0.968. The second kappa shape index (κ2) is 2.11.